The molecule has 0 bridgehead atoms. The fraction of sp³-hybridized carbons (Fsp3) is 0.500. The van der Waals surface area contributed by atoms with Crippen LogP contribution in [-0.2, 0) is 12.6 Å². The van der Waals surface area contributed by atoms with Gasteiger partial charge in [0.15, 0.2) is 0 Å². The molecule has 17 heavy (non-hydrogen) atoms. The summed E-state index contributed by atoms with van der Waals surface area (Å²) in [5, 5.41) is 0. The van der Waals surface area contributed by atoms with Crippen LogP contribution >= 0.6 is 11.8 Å². The van der Waals surface area contributed by atoms with Gasteiger partial charge < -0.3 is 5.73 Å². The normalized spacial score (nSPS) is 13.8. The highest BCUT2D eigenvalue weighted by atomic mass is 32.2. The summed E-state index contributed by atoms with van der Waals surface area (Å²) in [7, 11) is 0. The Morgan fingerprint density at radius 3 is 2.47 bits per heavy atom. The third-order valence-electron chi connectivity index (χ3n) is 2.21. The molecule has 0 aliphatic carbocycles. The van der Waals surface area contributed by atoms with Crippen molar-refractivity contribution in [2.75, 3.05) is 5.75 Å². The lowest BCUT2D eigenvalue weighted by Crippen LogP contribution is -2.18. The quantitative estimate of drug-likeness (QED) is 0.838. The van der Waals surface area contributed by atoms with Crippen LogP contribution in [0.5, 0.6) is 0 Å². The van der Waals surface area contributed by atoms with E-state index in [1.165, 1.54) is 23.9 Å². The van der Waals surface area contributed by atoms with E-state index in [2.05, 4.69) is 0 Å². The number of hydrogen-bond donors (Lipinski definition) is 1. The first-order chi connectivity index (χ1) is 7.84. The van der Waals surface area contributed by atoms with Crippen LogP contribution in [0.15, 0.2) is 23.1 Å². The molecule has 1 atom stereocenters. The summed E-state index contributed by atoms with van der Waals surface area (Å²) in [5.41, 5.74) is 5.67. The maximum absolute atomic E-state index is 12.8. The molecule has 0 amide bonds. The highest BCUT2D eigenvalue weighted by Crippen LogP contribution is 2.37. The molecule has 1 aromatic rings. The van der Waals surface area contributed by atoms with Gasteiger partial charge in [0, 0.05) is 10.9 Å². The zero-order valence-corrected chi connectivity index (χ0v) is 10.7. The Kier molecular flexibility index (Phi) is 4.89. The van der Waals surface area contributed by atoms with Crippen LogP contribution in [0.1, 0.15) is 25.0 Å². The molecule has 1 nitrogen and oxygen atoms in total. The molecule has 0 aliphatic heterocycles. The second-order valence-corrected chi connectivity index (χ2v) is 5.25. The van der Waals surface area contributed by atoms with E-state index < -0.39 is 11.7 Å². The number of hydrogen-bond acceptors (Lipinski definition) is 2. The van der Waals surface area contributed by atoms with Crippen LogP contribution in [0.2, 0.25) is 0 Å². The second-order valence-electron chi connectivity index (χ2n) is 3.94. The average molecular weight is 263 g/mol. The molecule has 96 valence electrons. The molecular formula is C12H16F3NS. The van der Waals surface area contributed by atoms with Crippen molar-refractivity contribution in [2.24, 2.45) is 5.73 Å². The number of benzene rings is 1. The Morgan fingerprint density at radius 1 is 1.35 bits per heavy atom. The first kappa shape index (κ1) is 14.4. The van der Waals surface area contributed by atoms with E-state index in [1.807, 2.05) is 6.92 Å². The standard InChI is InChI=1S/C12H16F3NS/c1-3-17-11-5-4-9(6-8(2)16)7-10(11)12(13,14)15/h4-5,7-8H,3,6,16H2,1-2H3. The number of thioether (sulfide) groups is 1. The fourth-order valence-corrected chi connectivity index (χ4v) is 2.38. The maximum Gasteiger partial charge on any atom is 0.417 e. The average Bonchev–Trinajstić information content (AvgIpc) is 2.18. The van der Waals surface area contributed by atoms with E-state index >= 15 is 0 Å². The first-order valence-electron chi connectivity index (χ1n) is 5.43. The number of halogens is 3. The lowest BCUT2D eigenvalue weighted by Gasteiger charge is -2.14. The van der Waals surface area contributed by atoms with Gasteiger partial charge in [0.1, 0.15) is 0 Å². The van der Waals surface area contributed by atoms with Gasteiger partial charge in [-0.25, -0.2) is 0 Å². The van der Waals surface area contributed by atoms with Crippen LogP contribution in [0.3, 0.4) is 0 Å². The summed E-state index contributed by atoms with van der Waals surface area (Å²) in [6.07, 6.45) is -3.84. The highest BCUT2D eigenvalue weighted by Gasteiger charge is 2.33. The molecule has 0 aliphatic rings. The van der Waals surface area contributed by atoms with Gasteiger partial charge in [0.2, 0.25) is 0 Å². The number of rotatable bonds is 4. The minimum absolute atomic E-state index is 0.138. The highest BCUT2D eigenvalue weighted by molar-refractivity contribution is 7.99. The van der Waals surface area contributed by atoms with Crippen LogP contribution in [-0.4, -0.2) is 11.8 Å². The van der Waals surface area contributed by atoms with E-state index in [4.69, 9.17) is 5.73 Å². The predicted octanol–water partition coefficient (Wildman–Crippen LogP) is 3.71. The van der Waals surface area contributed by atoms with E-state index in [0.717, 1.165) is 0 Å². The van der Waals surface area contributed by atoms with Gasteiger partial charge in [-0.05, 0) is 36.8 Å². The molecule has 0 fully saturated rings. The van der Waals surface area contributed by atoms with Gasteiger partial charge in [-0.15, -0.1) is 11.8 Å². The van der Waals surface area contributed by atoms with Crippen LogP contribution in [0.25, 0.3) is 0 Å². The van der Waals surface area contributed by atoms with Gasteiger partial charge in [0.25, 0.3) is 0 Å². The Labute approximate surface area is 104 Å². The molecule has 0 saturated carbocycles. The van der Waals surface area contributed by atoms with Gasteiger partial charge in [-0.3, -0.25) is 0 Å². The van der Waals surface area contributed by atoms with Crippen LogP contribution in [0, 0.1) is 0 Å². The van der Waals surface area contributed by atoms with Crippen LogP contribution < -0.4 is 5.73 Å². The van der Waals surface area contributed by atoms with Crippen molar-refractivity contribution in [1.82, 2.24) is 0 Å². The molecule has 2 N–H and O–H groups in total. The SMILES string of the molecule is CCSc1ccc(CC(C)N)cc1C(F)(F)F. The molecule has 0 radical (unpaired) electrons. The van der Waals surface area contributed by atoms with Crippen LogP contribution in [0.4, 0.5) is 13.2 Å². The molecule has 1 unspecified atom stereocenters. The van der Waals surface area contributed by atoms with Crippen molar-refractivity contribution in [3.8, 4) is 0 Å². The summed E-state index contributed by atoms with van der Waals surface area (Å²) >= 11 is 1.21. The molecule has 1 aromatic carbocycles. The van der Waals surface area contributed by atoms with Gasteiger partial charge >= 0.3 is 6.18 Å². The van der Waals surface area contributed by atoms with Crippen molar-refractivity contribution in [1.29, 1.82) is 0 Å². The zero-order chi connectivity index (χ0) is 13.1. The second kappa shape index (κ2) is 5.78. The van der Waals surface area contributed by atoms with Crippen molar-refractivity contribution >= 4 is 11.8 Å². The third kappa shape index (κ3) is 4.24. The molecule has 5 heteroatoms. The maximum atomic E-state index is 12.8. The van der Waals surface area contributed by atoms with E-state index in [1.54, 1.807) is 13.0 Å². The van der Waals surface area contributed by atoms with Gasteiger partial charge in [-0.1, -0.05) is 13.0 Å². The summed E-state index contributed by atoms with van der Waals surface area (Å²) in [5.74, 6) is 0.621. The smallest absolute Gasteiger partial charge is 0.328 e. The summed E-state index contributed by atoms with van der Waals surface area (Å²) in [6.45, 7) is 3.61. The minimum Gasteiger partial charge on any atom is -0.328 e. The lowest BCUT2D eigenvalue weighted by molar-refractivity contribution is -0.139. The molecule has 0 heterocycles. The van der Waals surface area contributed by atoms with E-state index in [-0.39, 0.29) is 10.9 Å². The molecular weight excluding hydrogens is 247 g/mol. The minimum atomic E-state index is -4.30. The number of alkyl halides is 3. The molecule has 1 rings (SSSR count). The van der Waals surface area contributed by atoms with E-state index in [9.17, 15) is 13.2 Å². The Morgan fingerprint density at radius 2 is 2.00 bits per heavy atom. The molecule has 0 spiro atoms. The van der Waals surface area contributed by atoms with Crippen molar-refractivity contribution in [3.63, 3.8) is 0 Å². The van der Waals surface area contributed by atoms with Gasteiger partial charge in [-0.2, -0.15) is 13.2 Å². The lowest BCUT2D eigenvalue weighted by atomic mass is 10.0. The monoisotopic (exact) mass is 263 g/mol. The summed E-state index contributed by atoms with van der Waals surface area (Å²) in [4.78, 5) is 0.286. The topological polar surface area (TPSA) is 26.0 Å². The molecule has 0 aromatic heterocycles. The third-order valence-corrected chi connectivity index (χ3v) is 3.16. The Bertz CT molecular complexity index is 375. The summed E-state index contributed by atoms with van der Waals surface area (Å²) < 4.78 is 38.5. The zero-order valence-electron chi connectivity index (χ0n) is 9.84. The largest absolute Gasteiger partial charge is 0.417 e. The Hall–Kier alpha value is -0.680. The molecule has 0 saturated heterocycles. The van der Waals surface area contributed by atoms with Crippen molar-refractivity contribution in [2.45, 2.75) is 37.4 Å². The van der Waals surface area contributed by atoms with Crippen molar-refractivity contribution in [3.05, 3.63) is 29.3 Å². The first-order valence-corrected chi connectivity index (χ1v) is 6.41. The fourth-order valence-electron chi connectivity index (χ4n) is 1.58. The predicted molar refractivity (Wildman–Crippen MR) is 65.2 cm³/mol. The van der Waals surface area contributed by atoms with Crippen molar-refractivity contribution < 1.29 is 13.2 Å². The van der Waals surface area contributed by atoms with Gasteiger partial charge in [0.05, 0.1) is 5.56 Å². The Balaban J connectivity index is 3.10. The number of nitrogens with two attached hydrogens (primary N) is 1. The summed E-state index contributed by atoms with van der Waals surface area (Å²) in [6, 6.07) is 4.33. The van der Waals surface area contributed by atoms with E-state index in [0.29, 0.717) is 17.7 Å².